The van der Waals surface area contributed by atoms with Crippen molar-refractivity contribution in [3.63, 3.8) is 0 Å². The summed E-state index contributed by atoms with van der Waals surface area (Å²) in [4.78, 5) is 17.1. The van der Waals surface area contributed by atoms with E-state index < -0.39 is 10.0 Å². The van der Waals surface area contributed by atoms with Crippen molar-refractivity contribution in [1.82, 2.24) is 10.2 Å². The van der Waals surface area contributed by atoms with E-state index in [0.29, 0.717) is 43.4 Å². The largest absolute Gasteiger partial charge is 0.493 e. The Hall–Kier alpha value is -2.82. The van der Waals surface area contributed by atoms with Crippen LogP contribution in [0, 0.1) is 6.92 Å². The van der Waals surface area contributed by atoms with E-state index in [2.05, 4.69) is 39.8 Å². The van der Waals surface area contributed by atoms with Gasteiger partial charge in [0.1, 0.15) is 5.75 Å². The minimum atomic E-state index is -3.40. The SMILES string of the molecule is Cc1c(OCCCNC(=O)c2cccc(NS(C)(=O)=O)c2)cccc1N1CCN(CCO)C(C)C1. The highest BCUT2D eigenvalue weighted by molar-refractivity contribution is 7.92. The first kappa shape index (κ1) is 26.8. The minimum absolute atomic E-state index is 0.180. The minimum Gasteiger partial charge on any atom is -0.493 e. The molecule has 3 rings (SSSR count). The second-order valence-electron chi connectivity index (χ2n) is 8.87. The van der Waals surface area contributed by atoms with Crippen LogP contribution < -0.4 is 19.7 Å². The van der Waals surface area contributed by atoms with Crippen LogP contribution in [0.1, 0.15) is 29.3 Å². The van der Waals surface area contributed by atoms with Gasteiger partial charge < -0.3 is 20.1 Å². The average molecular weight is 505 g/mol. The summed E-state index contributed by atoms with van der Waals surface area (Å²) in [6.07, 6.45) is 1.70. The van der Waals surface area contributed by atoms with Crippen LogP contribution in [0.2, 0.25) is 0 Å². The molecule has 10 heteroatoms. The number of sulfonamides is 1. The lowest BCUT2D eigenvalue weighted by atomic mass is 10.1. The number of aliphatic hydroxyl groups excluding tert-OH is 1. The van der Waals surface area contributed by atoms with E-state index in [4.69, 9.17) is 4.74 Å². The normalized spacial score (nSPS) is 16.7. The lowest BCUT2D eigenvalue weighted by Crippen LogP contribution is -2.52. The van der Waals surface area contributed by atoms with E-state index in [-0.39, 0.29) is 12.5 Å². The predicted molar refractivity (Wildman–Crippen MR) is 139 cm³/mol. The summed E-state index contributed by atoms with van der Waals surface area (Å²) < 4.78 is 31.2. The van der Waals surface area contributed by atoms with Crippen molar-refractivity contribution in [2.24, 2.45) is 0 Å². The van der Waals surface area contributed by atoms with Crippen molar-refractivity contribution in [1.29, 1.82) is 0 Å². The van der Waals surface area contributed by atoms with Crippen LogP contribution in [-0.4, -0.2) is 82.6 Å². The molecular weight excluding hydrogens is 468 g/mol. The van der Waals surface area contributed by atoms with Crippen molar-refractivity contribution in [3.8, 4) is 5.75 Å². The molecule has 0 saturated carbocycles. The number of ether oxygens (including phenoxy) is 1. The highest BCUT2D eigenvalue weighted by atomic mass is 32.2. The van der Waals surface area contributed by atoms with Crippen molar-refractivity contribution < 1.29 is 23.1 Å². The summed E-state index contributed by atoms with van der Waals surface area (Å²) in [5.41, 5.74) is 2.99. The molecule has 0 bridgehead atoms. The van der Waals surface area contributed by atoms with E-state index in [0.717, 1.165) is 42.9 Å². The first-order chi connectivity index (χ1) is 16.7. The quantitative estimate of drug-likeness (QED) is 0.402. The molecule has 0 spiro atoms. The molecule has 1 saturated heterocycles. The van der Waals surface area contributed by atoms with Crippen LogP contribution in [0.25, 0.3) is 0 Å². The molecule has 35 heavy (non-hydrogen) atoms. The van der Waals surface area contributed by atoms with Crippen molar-refractivity contribution in [3.05, 3.63) is 53.6 Å². The number of hydrogen-bond acceptors (Lipinski definition) is 7. The third kappa shape index (κ3) is 7.84. The second kappa shape index (κ2) is 12.2. The number of piperazine rings is 1. The number of benzene rings is 2. The molecule has 0 radical (unpaired) electrons. The van der Waals surface area contributed by atoms with Gasteiger partial charge in [0.25, 0.3) is 5.91 Å². The number of β-amino-alcohol motifs (C(OH)–C–C–N with tert-alkyl or cyclic N) is 1. The summed E-state index contributed by atoms with van der Waals surface area (Å²) in [6.45, 7) is 8.75. The first-order valence-electron chi connectivity index (χ1n) is 11.9. The summed E-state index contributed by atoms with van der Waals surface area (Å²) in [5.74, 6) is 0.564. The lowest BCUT2D eigenvalue weighted by molar-refractivity contribution is 0.0951. The van der Waals surface area contributed by atoms with Crippen LogP contribution in [0.3, 0.4) is 0 Å². The molecule has 1 atom stereocenters. The molecule has 1 aliphatic heterocycles. The fourth-order valence-electron chi connectivity index (χ4n) is 4.27. The molecule has 2 aromatic rings. The molecular formula is C25H36N4O5S. The van der Waals surface area contributed by atoms with Crippen LogP contribution in [0.5, 0.6) is 5.75 Å². The van der Waals surface area contributed by atoms with E-state index in [9.17, 15) is 18.3 Å². The van der Waals surface area contributed by atoms with Gasteiger partial charge >= 0.3 is 0 Å². The molecule has 1 unspecified atom stereocenters. The third-order valence-electron chi connectivity index (χ3n) is 6.04. The zero-order valence-corrected chi connectivity index (χ0v) is 21.5. The first-order valence-corrected chi connectivity index (χ1v) is 13.8. The summed E-state index contributed by atoms with van der Waals surface area (Å²) in [6, 6.07) is 12.8. The zero-order chi connectivity index (χ0) is 25.4. The Morgan fingerprint density at radius 3 is 2.69 bits per heavy atom. The van der Waals surface area contributed by atoms with Gasteiger partial charge in [0.05, 0.1) is 19.5 Å². The smallest absolute Gasteiger partial charge is 0.251 e. The fourth-order valence-corrected chi connectivity index (χ4v) is 4.83. The monoisotopic (exact) mass is 504 g/mol. The van der Waals surface area contributed by atoms with Gasteiger partial charge in [0.2, 0.25) is 10.0 Å². The van der Waals surface area contributed by atoms with Crippen LogP contribution >= 0.6 is 0 Å². The maximum atomic E-state index is 12.4. The highest BCUT2D eigenvalue weighted by Crippen LogP contribution is 2.30. The van der Waals surface area contributed by atoms with E-state index in [1.807, 2.05) is 12.1 Å². The molecule has 1 heterocycles. The number of nitrogens with zero attached hydrogens (tertiary/aromatic N) is 2. The van der Waals surface area contributed by atoms with Crippen LogP contribution in [-0.2, 0) is 10.0 Å². The molecule has 0 aromatic heterocycles. The number of nitrogens with one attached hydrogen (secondary N) is 2. The Kier molecular flexibility index (Phi) is 9.36. The molecule has 9 nitrogen and oxygen atoms in total. The molecule has 0 aliphatic carbocycles. The maximum Gasteiger partial charge on any atom is 0.251 e. The second-order valence-corrected chi connectivity index (χ2v) is 10.6. The van der Waals surface area contributed by atoms with Crippen molar-refractivity contribution in [2.75, 3.05) is 61.8 Å². The van der Waals surface area contributed by atoms with E-state index >= 15 is 0 Å². The molecule has 1 amide bonds. The number of anilines is 2. The van der Waals surface area contributed by atoms with Gasteiger partial charge in [-0.15, -0.1) is 0 Å². The Morgan fingerprint density at radius 1 is 1.20 bits per heavy atom. The fraction of sp³-hybridized carbons (Fsp3) is 0.480. The molecule has 3 N–H and O–H groups in total. The third-order valence-corrected chi connectivity index (χ3v) is 6.65. The number of amides is 1. The van der Waals surface area contributed by atoms with Gasteiger partial charge in [0.15, 0.2) is 0 Å². The predicted octanol–water partition coefficient (Wildman–Crippen LogP) is 2.07. The van der Waals surface area contributed by atoms with Gasteiger partial charge in [-0.1, -0.05) is 12.1 Å². The van der Waals surface area contributed by atoms with Crippen LogP contribution in [0.4, 0.5) is 11.4 Å². The zero-order valence-electron chi connectivity index (χ0n) is 20.7. The molecule has 192 valence electrons. The number of aliphatic hydroxyl groups is 1. The number of carbonyl (C=O) groups excluding carboxylic acids is 1. The molecule has 2 aromatic carbocycles. The van der Waals surface area contributed by atoms with Crippen molar-refractivity contribution >= 4 is 27.3 Å². The maximum absolute atomic E-state index is 12.4. The molecule has 1 fully saturated rings. The summed E-state index contributed by atoms with van der Waals surface area (Å²) >= 11 is 0. The van der Waals surface area contributed by atoms with Gasteiger partial charge in [0, 0.05) is 61.3 Å². The van der Waals surface area contributed by atoms with Gasteiger partial charge in [-0.05, 0) is 50.6 Å². The van der Waals surface area contributed by atoms with E-state index in [1.54, 1.807) is 18.2 Å². The number of rotatable bonds is 11. The standard InChI is InChI=1S/C25H36N4O5S/c1-19-18-29(13-12-28(19)14-15-30)23-9-5-10-24(20(23)2)34-16-6-11-26-25(31)21-7-4-8-22(17-21)27-35(3,32)33/h4-5,7-10,17,19,27,30H,6,11-16,18H2,1-3H3,(H,26,31). The lowest BCUT2D eigenvalue weighted by Gasteiger charge is -2.41. The van der Waals surface area contributed by atoms with Crippen molar-refractivity contribution in [2.45, 2.75) is 26.3 Å². The van der Waals surface area contributed by atoms with Gasteiger partial charge in [-0.3, -0.25) is 14.4 Å². The van der Waals surface area contributed by atoms with E-state index in [1.165, 1.54) is 6.07 Å². The van der Waals surface area contributed by atoms with Gasteiger partial charge in [-0.25, -0.2) is 8.42 Å². The van der Waals surface area contributed by atoms with Gasteiger partial charge in [-0.2, -0.15) is 0 Å². The molecule has 1 aliphatic rings. The number of carbonyl (C=O) groups is 1. The average Bonchev–Trinajstić information content (AvgIpc) is 2.80. The number of hydrogen-bond donors (Lipinski definition) is 3. The Bertz CT molecular complexity index is 1110. The topological polar surface area (TPSA) is 111 Å². The highest BCUT2D eigenvalue weighted by Gasteiger charge is 2.24. The summed E-state index contributed by atoms with van der Waals surface area (Å²) in [5, 5.41) is 12.1. The Morgan fingerprint density at radius 2 is 1.97 bits per heavy atom. The summed E-state index contributed by atoms with van der Waals surface area (Å²) in [7, 11) is -3.40. The Balaban J connectivity index is 1.47. The Labute approximate surface area is 208 Å². The van der Waals surface area contributed by atoms with Crippen LogP contribution in [0.15, 0.2) is 42.5 Å².